The lowest BCUT2D eigenvalue weighted by Gasteiger charge is -2.23. The van der Waals surface area contributed by atoms with Crippen LogP contribution in [0.1, 0.15) is 40.6 Å². The van der Waals surface area contributed by atoms with E-state index in [1.165, 1.54) is 4.88 Å². The smallest absolute Gasteiger partial charge is 0.254 e. The van der Waals surface area contributed by atoms with Crippen molar-refractivity contribution in [2.75, 3.05) is 19.6 Å². The Balaban J connectivity index is 1.56. The highest BCUT2D eigenvalue weighted by molar-refractivity contribution is 7.10. The van der Waals surface area contributed by atoms with Crippen LogP contribution in [0.2, 0.25) is 0 Å². The Kier molecular flexibility index (Phi) is 6.47. The van der Waals surface area contributed by atoms with Gasteiger partial charge in [0.1, 0.15) is 0 Å². The van der Waals surface area contributed by atoms with Gasteiger partial charge in [0.25, 0.3) is 5.91 Å². The molecule has 0 unspecified atom stereocenters. The van der Waals surface area contributed by atoms with Crippen molar-refractivity contribution in [2.24, 2.45) is 5.92 Å². The third-order valence-corrected chi connectivity index (χ3v) is 6.92. The van der Waals surface area contributed by atoms with Crippen LogP contribution >= 0.6 is 11.3 Å². The van der Waals surface area contributed by atoms with E-state index < -0.39 is 0 Å². The number of hydrogen-bond acceptors (Lipinski definition) is 4. The van der Waals surface area contributed by atoms with Gasteiger partial charge in [-0.3, -0.25) is 14.6 Å². The first-order valence-electron chi connectivity index (χ1n) is 10.7. The second-order valence-electron chi connectivity index (χ2n) is 8.23. The van der Waals surface area contributed by atoms with E-state index in [-0.39, 0.29) is 17.7 Å². The van der Waals surface area contributed by atoms with Crippen molar-refractivity contribution < 1.29 is 9.59 Å². The van der Waals surface area contributed by atoms with Crippen molar-refractivity contribution in [3.8, 4) is 11.1 Å². The largest absolute Gasteiger partial charge is 0.354 e. The predicted octanol–water partition coefficient (Wildman–Crippen LogP) is 4.36. The van der Waals surface area contributed by atoms with Crippen LogP contribution < -0.4 is 5.32 Å². The van der Waals surface area contributed by atoms with E-state index in [4.69, 9.17) is 0 Å². The van der Waals surface area contributed by atoms with Gasteiger partial charge in [0.15, 0.2) is 0 Å². The van der Waals surface area contributed by atoms with Crippen LogP contribution in [-0.2, 0) is 11.2 Å². The predicted molar refractivity (Wildman–Crippen MR) is 124 cm³/mol. The third kappa shape index (κ3) is 4.85. The summed E-state index contributed by atoms with van der Waals surface area (Å²) in [5.41, 5.74) is 3.99. The van der Waals surface area contributed by atoms with Gasteiger partial charge < -0.3 is 10.2 Å². The molecule has 0 spiro atoms. The van der Waals surface area contributed by atoms with Crippen molar-refractivity contribution >= 4 is 23.2 Å². The third-order valence-electron chi connectivity index (χ3n) is 5.69. The molecule has 3 aromatic rings. The van der Waals surface area contributed by atoms with E-state index in [1.54, 1.807) is 23.7 Å². The van der Waals surface area contributed by atoms with Crippen LogP contribution in [0, 0.1) is 5.92 Å². The molecule has 160 valence electrons. The summed E-state index contributed by atoms with van der Waals surface area (Å²) in [5.74, 6) is 0.120. The molecule has 4 rings (SSSR count). The molecule has 3 heterocycles. The lowest BCUT2D eigenvalue weighted by Crippen LogP contribution is -2.37. The van der Waals surface area contributed by atoms with Crippen molar-refractivity contribution in [2.45, 2.75) is 26.2 Å². The van der Waals surface area contributed by atoms with Gasteiger partial charge in [0, 0.05) is 42.3 Å². The zero-order chi connectivity index (χ0) is 21.8. The van der Waals surface area contributed by atoms with E-state index in [1.807, 2.05) is 40.6 Å². The highest BCUT2D eigenvalue weighted by atomic mass is 32.1. The average Bonchev–Trinajstić information content (AvgIpc) is 3.21. The molecular formula is C25H27N3O2S. The molecule has 0 aliphatic carbocycles. The molecule has 1 atom stereocenters. The van der Waals surface area contributed by atoms with E-state index >= 15 is 0 Å². The minimum Gasteiger partial charge on any atom is -0.354 e. The number of carbonyl (C=O) groups is 2. The van der Waals surface area contributed by atoms with Crippen LogP contribution in [0.3, 0.4) is 0 Å². The number of rotatable bonds is 5. The van der Waals surface area contributed by atoms with E-state index in [0.717, 1.165) is 22.3 Å². The minimum absolute atomic E-state index is 0.00655. The number of benzene rings is 1. The van der Waals surface area contributed by atoms with Crippen molar-refractivity contribution in [1.29, 1.82) is 0 Å². The molecule has 0 radical (unpaired) electrons. The van der Waals surface area contributed by atoms with Gasteiger partial charge in [0.2, 0.25) is 5.91 Å². The quantitative estimate of drug-likeness (QED) is 0.650. The Morgan fingerprint density at radius 3 is 2.74 bits per heavy atom. The molecule has 5 nitrogen and oxygen atoms in total. The van der Waals surface area contributed by atoms with Crippen molar-refractivity contribution in [1.82, 2.24) is 15.2 Å². The van der Waals surface area contributed by atoms with Crippen molar-refractivity contribution in [3.05, 3.63) is 76.2 Å². The molecule has 1 aliphatic heterocycles. The number of pyridine rings is 1. The highest BCUT2D eigenvalue weighted by Crippen LogP contribution is 2.27. The lowest BCUT2D eigenvalue weighted by molar-refractivity contribution is -0.124. The van der Waals surface area contributed by atoms with Crippen LogP contribution in [0.5, 0.6) is 0 Å². The topological polar surface area (TPSA) is 62.3 Å². The van der Waals surface area contributed by atoms with Crippen LogP contribution in [0.4, 0.5) is 0 Å². The Morgan fingerprint density at radius 2 is 2.00 bits per heavy atom. The van der Waals surface area contributed by atoms with Gasteiger partial charge in [-0.2, -0.15) is 0 Å². The summed E-state index contributed by atoms with van der Waals surface area (Å²) >= 11 is 1.62. The minimum atomic E-state index is -0.294. The maximum Gasteiger partial charge on any atom is 0.254 e. The summed E-state index contributed by atoms with van der Waals surface area (Å²) in [4.78, 5) is 33.1. The lowest BCUT2D eigenvalue weighted by atomic mass is 9.91. The number of carbonyl (C=O) groups excluding carboxylic acids is 2. The Labute approximate surface area is 187 Å². The monoisotopic (exact) mass is 433 g/mol. The Bertz CT molecular complexity index is 1060. The zero-order valence-corrected chi connectivity index (χ0v) is 18.7. The molecule has 31 heavy (non-hydrogen) atoms. The first kappa shape index (κ1) is 21.2. The van der Waals surface area contributed by atoms with Crippen LogP contribution in [0.15, 0.2) is 60.2 Å². The SMILES string of the molecule is CC(C)c1cc(C(=O)N2CCNC(=O)[C@H](Cc3ccccc3-c3ccncc3)C2)cs1. The molecule has 0 saturated carbocycles. The molecule has 1 fully saturated rings. The van der Waals surface area contributed by atoms with Crippen LogP contribution in [-0.4, -0.2) is 41.3 Å². The summed E-state index contributed by atoms with van der Waals surface area (Å²) in [6, 6.07) is 14.1. The van der Waals surface area contributed by atoms with Gasteiger partial charge in [0.05, 0.1) is 11.5 Å². The number of nitrogens with one attached hydrogen (secondary N) is 1. The number of nitrogens with zero attached hydrogens (tertiary/aromatic N) is 2. The van der Waals surface area contributed by atoms with E-state index in [0.29, 0.717) is 32.0 Å². The molecule has 1 N–H and O–H groups in total. The van der Waals surface area contributed by atoms with Gasteiger partial charge in [-0.25, -0.2) is 0 Å². The molecule has 1 aliphatic rings. The maximum atomic E-state index is 13.2. The number of amides is 2. The molecule has 2 aromatic heterocycles. The fraction of sp³-hybridized carbons (Fsp3) is 0.320. The first-order valence-corrected chi connectivity index (χ1v) is 11.5. The summed E-state index contributed by atoms with van der Waals surface area (Å²) in [7, 11) is 0. The zero-order valence-electron chi connectivity index (χ0n) is 17.9. The summed E-state index contributed by atoms with van der Waals surface area (Å²) in [6.07, 6.45) is 4.13. The van der Waals surface area contributed by atoms with Crippen molar-refractivity contribution in [3.63, 3.8) is 0 Å². The Hall–Kier alpha value is -2.99. The van der Waals surface area contributed by atoms with Gasteiger partial charge in [-0.05, 0) is 47.2 Å². The maximum absolute atomic E-state index is 13.2. The van der Waals surface area contributed by atoms with Gasteiger partial charge in [-0.15, -0.1) is 11.3 Å². The second kappa shape index (κ2) is 9.43. The van der Waals surface area contributed by atoms with E-state index in [9.17, 15) is 9.59 Å². The summed E-state index contributed by atoms with van der Waals surface area (Å²) < 4.78 is 0. The number of hydrogen-bond donors (Lipinski definition) is 1. The number of thiophene rings is 1. The number of aromatic nitrogens is 1. The molecular weight excluding hydrogens is 406 g/mol. The summed E-state index contributed by atoms with van der Waals surface area (Å²) in [6.45, 7) is 5.69. The fourth-order valence-corrected chi connectivity index (χ4v) is 4.87. The van der Waals surface area contributed by atoms with Crippen LogP contribution in [0.25, 0.3) is 11.1 Å². The first-order chi connectivity index (χ1) is 15.0. The fourth-order valence-electron chi connectivity index (χ4n) is 3.97. The molecule has 1 saturated heterocycles. The molecule has 2 amide bonds. The Morgan fingerprint density at radius 1 is 1.23 bits per heavy atom. The molecule has 6 heteroatoms. The average molecular weight is 434 g/mol. The van der Waals surface area contributed by atoms with Gasteiger partial charge in [-0.1, -0.05) is 38.1 Å². The normalized spacial score (nSPS) is 16.8. The standard InChI is InChI=1S/C25H27N3O2S/c1-17(2)23-14-21(16-31-23)25(30)28-12-11-27-24(29)20(15-28)13-19-5-3-4-6-22(19)18-7-9-26-10-8-18/h3-10,14,16-17,20H,11-13,15H2,1-2H3,(H,27,29)/t20-/m1/s1. The molecule has 1 aromatic carbocycles. The van der Waals surface area contributed by atoms with Gasteiger partial charge >= 0.3 is 0 Å². The highest BCUT2D eigenvalue weighted by Gasteiger charge is 2.29. The summed E-state index contributed by atoms with van der Waals surface area (Å²) in [5, 5.41) is 4.93. The molecule has 0 bridgehead atoms. The van der Waals surface area contributed by atoms with E-state index in [2.05, 4.69) is 36.3 Å². The second-order valence-corrected chi connectivity index (χ2v) is 9.17.